The van der Waals surface area contributed by atoms with Crippen molar-refractivity contribution in [3.8, 4) is 11.5 Å². The van der Waals surface area contributed by atoms with Crippen LogP contribution in [0.25, 0.3) is 0 Å². The lowest BCUT2D eigenvalue weighted by Gasteiger charge is -2.12. The van der Waals surface area contributed by atoms with Crippen LogP contribution in [-0.2, 0) is 0 Å². The smallest absolute Gasteiger partial charge is 0.251 e. The molecule has 1 rings (SSSR count). The number of rotatable bonds is 9. The average molecular weight is 281 g/mol. The standard InChI is InChI=1S/C15H23NO4/c1-3-19-13-8-7-12(11-14(13)20-4-2)15(18)16-9-5-6-10-17/h7-8,11,17H,3-6,9-10H2,1-2H3,(H,16,18). The molecular weight excluding hydrogens is 258 g/mol. The monoisotopic (exact) mass is 281 g/mol. The minimum Gasteiger partial charge on any atom is -0.490 e. The van der Waals surface area contributed by atoms with E-state index in [9.17, 15) is 4.79 Å². The summed E-state index contributed by atoms with van der Waals surface area (Å²) in [5, 5.41) is 11.5. The fourth-order valence-corrected chi connectivity index (χ4v) is 1.73. The molecule has 0 saturated heterocycles. The highest BCUT2D eigenvalue weighted by Gasteiger charge is 2.11. The van der Waals surface area contributed by atoms with Gasteiger partial charge >= 0.3 is 0 Å². The molecule has 20 heavy (non-hydrogen) atoms. The zero-order valence-corrected chi connectivity index (χ0v) is 12.1. The third kappa shape index (κ3) is 5.09. The molecule has 0 atom stereocenters. The molecule has 0 fully saturated rings. The molecule has 5 heteroatoms. The number of hydrogen-bond acceptors (Lipinski definition) is 4. The van der Waals surface area contributed by atoms with Crippen LogP contribution in [0.2, 0.25) is 0 Å². The molecule has 0 saturated carbocycles. The zero-order valence-electron chi connectivity index (χ0n) is 12.1. The molecular formula is C15H23NO4. The lowest BCUT2D eigenvalue weighted by molar-refractivity contribution is 0.0951. The normalized spacial score (nSPS) is 10.2. The summed E-state index contributed by atoms with van der Waals surface area (Å²) < 4.78 is 10.9. The molecule has 112 valence electrons. The molecule has 0 aliphatic heterocycles. The lowest BCUT2D eigenvalue weighted by Crippen LogP contribution is -2.24. The zero-order chi connectivity index (χ0) is 14.8. The van der Waals surface area contributed by atoms with E-state index in [1.807, 2.05) is 13.8 Å². The van der Waals surface area contributed by atoms with E-state index < -0.39 is 0 Å². The number of hydrogen-bond donors (Lipinski definition) is 2. The summed E-state index contributed by atoms with van der Waals surface area (Å²) in [6.07, 6.45) is 1.45. The average Bonchev–Trinajstić information content (AvgIpc) is 2.45. The van der Waals surface area contributed by atoms with Gasteiger partial charge in [-0.3, -0.25) is 4.79 Å². The number of amides is 1. The third-order valence-electron chi connectivity index (χ3n) is 2.68. The van der Waals surface area contributed by atoms with Gasteiger partial charge in [0.2, 0.25) is 0 Å². The molecule has 1 amide bonds. The number of aliphatic hydroxyl groups is 1. The second-order valence-electron chi connectivity index (χ2n) is 4.21. The summed E-state index contributed by atoms with van der Waals surface area (Å²) in [5.74, 6) is 1.08. The fraction of sp³-hybridized carbons (Fsp3) is 0.533. The summed E-state index contributed by atoms with van der Waals surface area (Å²) in [6.45, 7) is 5.55. The highest BCUT2D eigenvalue weighted by molar-refractivity contribution is 5.94. The van der Waals surface area contributed by atoms with Gasteiger partial charge in [0, 0.05) is 18.7 Å². The van der Waals surface area contributed by atoms with E-state index in [4.69, 9.17) is 14.6 Å². The molecule has 0 aromatic heterocycles. The SMILES string of the molecule is CCOc1ccc(C(=O)NCCCCO)cc1OCC. The molecule has 0 heterocycles. The van der Waals surface area contributed by atoms with Crippen molar-refractivity contribution < 1.29 is 19.4 Å². The van der Waals surface area contributed by atoms with Crippen LogP contribution in [0.3, 0.4) is 0 Å². The summed E-state index contributed by atoms with van der Waals surface area (Å²) in [5.41, 5.74) is 0.543. The maximum absolute atomic E-state index is 12.0. The molecule has 5 nitrogen and oxygen atoms in total. The molecule has 0 unspecified atom stereocenters. The van der Waals surface area contributed by atoms with Crippen molar-refractivity contribution in [3.05, 3.63) is 23.8 Å². The van der Waals surface area contributed by atoms with Crippen molar-refractivity contribution >= 4 is 5.91 Å². The Morgan fingerprint density at radius 1 is 1.15 bits per heavy atom. The summed E-state index contributed by atoms with van der Waals surface area (Å²) >= 11 is 0. The first-order valence-electron chi connectivity index (χ1n) is 7.01. The number of carbonyl (C=O) groups is 1. The Kier molecular flexibility index (Phi) is 7.50. The number of nitrogens with one attached hydrogen (secondary N) is 1. The van der Waals surface area contributed by atoms with Crippen molar-refractivity contribution in [1.82, 2.24) is 5.32 Å². The fourth-order valence-electron chi connectivity index (χ4n) is 1.73. The highest BCUT2D eigenvalue weighted by Crippen LogP contribution is 2.28. The van der Waals surface area contributed by atoms with Crippen LogP contribution in [0.1, 0.15) is 37.0 Å². The number of aliphatic hydroxyl groups excluding tert-OH is 1. The Labute approximate surface area is 119 Å². The third-order valence-corrected chi connectivity index (χ3v) is 2.68. The summed E-state index contributed by atoms with van der Waals surface area (Å²) in [7, 11) is 0. The van der Waals surface area contributed by atoms with E-state index >= 15 is 0 Å². The predicted molar refractivity (Wildman–Crippen MR) is 77.4 cm³/mol. The van der Waals surface area contributed by atoms with Crippen LogP contribution in [0.4, 0.5) is 0 Å². The first kappa shape index (κ1) is 16.3. The Balaban J connectivity index is 2.69. The predicted octanol–water partition coefficient (Wildman–Crippen LogP) is 1.99. The molecule has 1 aromatic rings. The van der Waals surface area contributed by atoms with E-state index in [2.05, 4.69) is 5.32 Å². The molecule has 0 aliphatic rings. The second-order valence-corrected chi connectivity index (χ2v) is 4.21. The minimum atomic E-state index is -0.146. The molecule has 0 aliphatic carbocycles. The van der Waals surface area contributed by atoms with E-state index in [-0.39, 0.29) is 12.5 Å². The first-order valence-corrected chi connectivity index (χ1v) is 7.01. The van der Waals surface area contributed by atoms with Crippen molar-refractivity contribution in [2.24, 2.45) is 0 Å². The Morgan fingerprint density at radius 2 is 1.85 bits per heavy atom. The van der Waals surface area contributed by atoms with Gasteiger partial charge in [0.25, 0.3) is 5.91 Å². The topological polar surface area (TPSA) is 67.8 Å². The minimum absolute atomic E-state index is 0.146. The Morgan fingerprint density at radius 3 is 2.50 bits per heavy atom. The van der Waals surface area contributed by atoms with Gasteiger partial charge in [-0.05, 0) is 44.9 Å². The van der Waals surface area contributed by atoms with Crippen molar-refractivity contribution in [1.29, 1.82) is 0 Å². The van der Waals surface area contributed by atoms with Crippen LogP contribution < -0.4 is 14.8 Å². The van der Waals surface area contributed by atoms with Crippen LogP contribution in [0, 0.1) is 0 Å². The molecule has 0 radical (unpaired) electrons. The van der Waals surface area contributed by atoms with Gasteiger partial charge < -0.3 is 19.9 Å². The molecule has 0 bridgehead atoms. The lowest BCUT2D eigenvalue weighted by atomic mass is 10.2. The molecule has 2 N–H and O–H groups in total. The van der Waals surface area contributed by atoms with Crippen LogP contribution in [0.15, 0.2) is 18.2 Å². The van der Waals surface area contributed by atoms with Gasteiger partial charge in [-0.25, -0.2) is 0 Å². The van der Waals surface area contributed by atoms with Gasteiger partial charge in [-0.1, -0.05) is 0 Å². The molecule has 0 spiro atoms. The maximum Gasteiger partial charge on any atom is 0.251 e. The van der Waals surface area contributed by atoms with Crippen LogP contribution in [-0.4, -0.2) is 37.4 Å². The van der Waals surface area contributed by atoms with Crippen molar-refractivity contribution in [2.75, 3.05) is 26.4 Å². The number of benzene rings is 1. The molecule has 1 aromatic carbocycles. The van der Waals surface area contributed by atoms with E-state index in [1.54, 1.807) is 18.2 Å². The van der Waals surface area contributed by atoms with Crippen molar-refractivity contribution in [2.45, 2.75) is 26.7 Å². The Bertz CT molecular complexity index is 420. The maximum atomic E-state index is 12.0. The van der Waals surface area contributed by atoms with Gasteiger partial charge in [0.05, 0.1) is 13.2 Å². The Hall–Kier alpha value is -1.75. The second kappa shape index (κ2) is 9.20. The summed E-state index contributed by atoms with van der Waals surface area (Å²) in [4.78, 5) is 12.0. The van der Waals surface area contributed by atoms with E-state index in [0.717, 1.165) is 6.42 Å². The number of ether oxygens (including phenoxy) is 2. The largest absolute Gasteiger partial charge is 0.490 e. The van der Waals surface area contributed by atoms with Crippen LogP contribution >= 0.6 is 0 Å². The summed E-state index contributed by atoms with van der Waals surface area (Å²) in [6, 6.07) is 5.15. The van der Waals surface area contributed by atoms with E-state index in [0.29, 0.717) is 43.2 Å². The quantitative estimate of drug-likeness (QED) is 0.679. The van der Waals surface area contributed by atoms with Gasteiger partial charge in [-0.15, -0.1) is 0 Å². The van der Waals surface area contributed by atoms with Gasteiger partial charge in [0.1, 0.15) is 0 Å². The van der Waals surface area contributed by atoms with Gasteiger partial charge in [0.15, 0.2) is 11.5 Å². The van der Waals surface area contributed by atoms with E-state index in [1.165, 1.54) is 0 Å². The van der Waals surface area contributed by atoms with Gasteiger partial charge in [-0.2, -0.15) is 0 Å². The van der Waals surface area contributed by atoms with Crippen LogP contribution in [0.5, 0.6) is 11.5 Å². The highest BCUT2D eigenvalue weighted by atomic mass is 16.5. The number of unbranched alkanes of at least 4 members (excludes halogenated alkanes) is 1. The first-order chi connectivity index (χ1) is 9.72. The van der Waals surface area contributed by atoms with Crippen molar-refractivity contribution in [3.63, 3.8) is 0 Å². The number of carbonyl (C=O) groups excluding carboxylic acids is 1.